The second kappa shape index (κ2) is 9.80. The van der Waals surface area contributed by atoms with E-state index >= 15 is 0 Å². The molecule has 0 radical (unpaired) electrons. The summed E-state index contributed by atoms with van der Waals surface area (Å²) in [4.78, 5) is 0. The van der Waals surface area contributed by atoms with Crippen molar-refractivity contribution in [3.8, 4) is 5.75 Å². The quantitative estimate of drug-likeness (QED) is 0.487. The predicted octanol–water partition coefficient (Wildman–Crippen LogP) is 6.67. The number of hydrogen-bond acceptors (Lipinski definition) is 1. The van der Waals surface area contributed by atoms with Gasteiger partial charge in [-0.05, 0) is 87.8 Å². The fraction of sp³-hybridized carbons (Fsp3) is 0.636. The lowest BCUT2D eigenvalue weighted by Crippen LogP contribution is -2.13. The van der Waals surface area contributed by atoms with Gasteiger partial charge in [0.2, 0.25) is 0 Å². The van der Waals surface area contributed by atoms with E-state index in [1.807, 2.05) is 0 Å². The van der Waals surface area contributed by atoms with Gasteiger partial charge in [-0.3, -0.25) is 0 Å². The zero-order valence-electron chi connectivity index (χ0n) is 15.3. The normalized spacial score (nSPS) is 21.7. The highest BCUT2D eigenvalue weighted by molar-refractivity contribution is 5.39. The van der Waals surface area contributed by atoms with Gasteiger partial charge in [0.25, 0.3) is 0 Å². The third-order valence-electron chi connectivity index (χ3n) is 5.20. The fourth-order valence-electron chi connectivity index (χ4n) is 3.90. The van der Waals surface area contributed by atoms with Gasteiger partial charge in [-0.15, -0.1) is 0 Å². The van der Waals surface area contributed by atoms with Crippen molar-refractivity contribution >= 4 is 0 Å². The van der Waals surface area contributed by atoms with Crippen LogP contribution in [0, 0.1) is 5.92 Å². The van der Waals surface area contributed by atoms with Crippen LogP contribution in [0.1, 0.15) is 82.8 Å². The van der Waals surface area contributed by atoms with Gasteiger partial charge in [0.15, 0.2) is 0 Å². The molecule has 0 atom stereocenters. The van der Waals surface area contributed by atoms with Crippen molar-refractivity contribution in [2.45, 2.75) is 78.1 Å². The van der Waals surface area contributed by atoms with Crippen molar-refractivity contribution in [1.82, 2.24) is 0 Å². The Bertz CT molecular complexity index is 481. The molecule has 1 nitrogen and oxygen atoms in total. The highest BCUT2D eigenvalue weighted by Crippen LogP contribution is 2.38. The molecule has 0 heterocycles. The lowest BCUT2D eigenvalue weighted by molar-refractivity contribution is 0.311. The van der Waals surface area contributed by atoms with Crippen LogP contribution in [0.5, 0.6) is 5.75 Å². The largest absolute Gasteiger partial charge is 0.494 e. The first-order valence-corrected chi connectivity index (χ1v) is 9.65. The van der Waals surface area contributed by atoms with E-state index < -0.39 is 0 Å². The molecule has 0 aliphatic heterocycles. The minimum absolute atomic E-state index is 0.757. The molecule has 0 unspecified atom stereocenters. The van der Waals surface area contributed by atoms with Gasteiger partial charge < -0.3 is 4.74 Å². The lowest BCUT2D eigenvalue weighted by Gasteiger charge is -2.29. The lowest BCUT2D eigenvalue weighted by atomic mass is 9.77. The van der Waals surface area contributed by atoms with E-state index in [9.17, 15) is 0 Å². The highest BCUT2D eigenvalue weighted by atomic mass is 16.5. The summed E-state index contributed by atoms with van der Waals surface area (Å²) in [5.74, 6) is 2.80. The Kier molecular flexibility index (Phi) is 7.71. The molecule has 1 saturated carbocycles. The van der Waals surface area contributed by atoms with E-state index in [1.54, 1.807) is 5.56 Å². The minimum atomic E-state index is 0.757. The smallest absolute Gasteiger partial charge is 0.122 e. The van der Waals surface area contributed by atoms with Crippen molar-refractivity contribution < 1.29 is 4.74 Å². The maximum atomic E-state index is 5.80. The van der Waals surface area contributed by atoms with Crippen LogP contribution in [0.4, 0.5) is 0 Å². The molecule has 23 heavy (non-hydrogen) atoms. The minimum Gasteiger partial charge on any atom is -0.494 e. The van der Waals surface area contributed by atoms with Crippen molar-refractivity contribution in [2.24, 2.45) is 5.92 Å². The Morgan fingerprint density at radius 3 is 2.57 bits per heavy atom. The Labute approximate surface area is 143 Å². The maximum absolute atomic E-state index is 5.80. The summed E-state index contributed by atoms with van der Waals surface area (Å²) in [7, 11) is 0. The van der Waals surface area contributed by atoms with E-state index in [0.717, 1.165) is 30.6 Å². The molecular formula is C22H34O. The highest BCUT2D eigenvalue weighted by Gasteiger charge is 2.22. The van der Waals surface area contributed by atoms with Gasteiger partial charge in [0.05, 0.1) is 6.61 Å². The standard InChI is InChI=1S/C22H34O/c1-4-7-8-10-18-11-13-19(14-12-18)20-15-16-22(23-6-3)21(17-20)9-5-2/h4,7,15-19H,5-6,8-14H2,1-3H3. The van der Waals surface area contributed by atoms with Crippen LogP contribution in [0.15, 0.2) is 30.4 Å². The number of allylic oxidation sites excluding steroid dienone is 2. The molecule has 0 N–H and O–H groups in total. The van der Waals surface area contributed by atoms with Crippen LogP contribution in [0.3, 0.4) is 0 Å². The Balaban J connectivity index is 1.96. The summed E-state index contributed by atoms with van der Waals surface area (Å²) in [6.45, 7) is 7.20. The second-order valence-corrected chi connectivity index (χ2v) is 6.91. The zero-order chi connectivity index (χ0) is 16.5. The van der Waals surface area contributed by atoms with Crippen LogP contribution in [0.25, 0.3) is 0 Å². The van der Waals surface area contributed by atoms with Crippen molar-refractivity contribution in [3.05, 3.63) is 41.5 Å². The molecule has 0 aromatic heterocycles. The molecule has 0 spiro atoms. The monoisotopic (exact) mass is 314 g/mol. The molecule has 1 aliphatic carbocycles. The summed E-state index contributed by atoms with van der Waals surface area (Å²) < 4.78 is 5.80. The van der Waals surface area contributed by atoms with E-state index in [2.05, 4.69) is 51.1 Å². The number of aryl methyl sites for hydroxylation is 1. The van der Waals surface area contributed by atoms with Crippen LogP contribution in [-0.2, 0) is 6.42 Å². The molecule has 128 valence electrons. The number of hydrogen-bond donors (Lipinski definition) is 0. The van der Waals surface area contributed by atoms with Crippen LogP contribution >= 0.6 is 0 Å². The maximum Gasteiger partial charge on any atom is 0.122 e. The predicted molar refractivity (Wildman–Crippen MR) is 100 cm³/mol. The van der Waals surface area contributed by atoms with Gasteiger partial charge >= 0.3 is 0 Å². The van der Waals surface area contributed by atoms with Crippen molar-refractivity contribution in [2.75, 3.05) is 6.61 Å². The molecule has 1 aliphatic rings. The Morgan fingerprint density at radius 2 is 1.91 bits per heavy atom. The molecule has 1 heteroatoms. The number of benzene rings is 1. The molecule has 0 amide bonds. The first-order valence-electron chi connectivity index (χ1n) is 9.65. The molecule has 0 saturated heterocycles. The first kappa shape index (κ1) is 18.1. The third kappa shape index (κ3) is 5.41. The molecule has 1 aromatic carbocycles. The number of ether oxygens (including phenoxy) is 1. The van der Waals surface area contributed by atoms with Crippen LogP contribution in [0.2, 0.25) is 0 Å². The molecule has 0 bridgehead atoms. The van der Waals surface area contributed by atoms with Crippen LogP contribution in [-0.4, -0.2) is 6.61 Å². The molecule has 1 fully saturated rings. The summed E-state index contributed by atoms with van der Waals surface area (Å²) in [6, 6.07) is 6.95. The SMILES string of the molecule is CC=CCCC1CCC(c2ccc(OCC)c(CCC)c2)CC1. The zero-order valence-corrected chi connectivity index (χ0v) is 15.3. The van der Waals surface area contributed by atoms with Gasteiger partial charge in [-0.1, -0.05) is 37.6 Å². The van der Waals surface area contributed by atoms with Crippen molar-refractivity contribution in [1.29, 1.82) is 0 Å². The third-order valence-corrected chi connectivity index (χ3v) is 5.20. The summed E-state index contributed by atoms with van der Waals surface area (Å²) >= 11 is 0. The van der Waals surface area contributed by atoms with E-state index in [0.29, 0.717) is 0 Å². The van der Waals surface area contributed by atoms with E-state index in [-0.39, 0.29) is 0 Å². The van der Waals surface area contributed by atoms with Gasteiger partial charge in [0.1, 0.15) is 5.75 Å². The van der Waals surface area contributed by atoms with Gasteiger partial charge in [0, 0.05) is 0 Å². The van der Waals surface area contributed by atoms with E-state index in [1.165, 1.54) is 50.5 Å². The van der Waals surface area contributed by atoms with Crippen molar-refractivity contribution in [3.63, 3.8) is 0 Å². The first-order chi connectivity index (χ1) is 11.3. The Hall–Kier alpha value is -1.24. The van der Waals surface area contributed by atoms with Gasteiger partial charge in [-0.25, -0.2) is 0 Å². The van der Waals surface area contributed by atoms with E-state index in [4.69, 9.17) is 4.74 Å². The fourth-order valence-corrected chi connectivity index (χ4v) is 3.90. The molecule has 2 rings (SSSR count). The summed E-state index contributed by atoms with van der Waals surface area (Å²) in [5, 5.41) is 0. The summed E-state index contributed by atoms with van der Waals surface area (Å²) in [6.07, 6.45) is 15.0. The van der Waals surface area contributed by atoms with Crippen LogP contribution < -0.4 is 4.74 Å². The topological polar surface area (TPSA) is 9.23 Å². The second-order valence-electron chi connectivity index (χ2n) is 6.91. The number of rotatable bonds is 8. The molecular weight excluding hydrogens is 280 g/mol. The Morgan fingerprint density at radius 1 is 1.13 bits per heavy atom. The van der Waals surface area contributed by atoms with Gasteiger partial charge in [-0.2, -0.15) is 0 Å². The average molecular weight is 315 g/mol. The summed E-state index contributed by atoms with van der Waals surface area (Å²) in [5.41, 5.74) is 2.95. The molecule has 1 aromatic rings. The average Bonchev–Trinajstić information content (AvgIpc) is 2.58.